The monoisotopic (exact) mass is 1120 g/mol. The normalized spacial score (nSPS) is 10.7. The van der Waals surface area contributed by atoms with Gasteiger partial charge in [0.1, 0.15) is 0 Å². The van der Waals surface area contributed by atoms with E-state index in [-0.39, 0.29) is 20.1 Å². The molecule has 0 bridgehead atoms. The molecule has 0 saturated carbocycles. The van der Waals surface area contributed by atoms with Gasteiger partial charge in [-0.15, -0.1) is 70.8 Å². The maximum atomic E-state index is 4.48. The topological polar surface area (TPSA) is 25.8 Å². The van der Waals surface area contributed by atoms with Gasteiger partial charge in [-0.3, -0.25) is 0 Å². The molecule has 3 heteroatoms. The molecule has 0 unspecified atom stereocenters. The molecular weight excluding hydrogens is 1060 g/mol. The number of unbranched alkanes of at least 4 members (excludes halogenated alkanes) is 3. The molecule has 0 aliphatic carbocycles. The fraction of sp³-hybridized carbons (Fsp3) is 0.0857. The second-order valence-electron chi connectivity index (χ2n) is 18.2. The van der Waals surface area contributed by atoms with Gasteiger partial charge in [-0.1, -0.05) is 201 Å². The predicted octanol–water partition coefficient (Wildman–Crippen LogP) is 18.4. The van der Waals surface area contributed by atoms with Crippen LogP contribution in [0.5, 0.6) is 0 Å². The van der Waals surface area contributed by atoms with Gasteiger partial charge in [-0.2, -0.15) is 0 Å². The Bertz CT molecular complexity index is 3450. The van der Waals surface area contributed by atoms with E-state index in [1.165, 1.54) is 104 Å². The molecule has 2 aromatic heterocycles. The maximum Gasteiger partial charge on any atom is 0.0160 e. The van der Waals surface area contributed by atoms with Crippen LogP contribution in [0.25, 0.3) is 89.3 Å². The first kappa shape index (κ1) is 49.9. The minimum absolute atomic E-state index is 0. The van der Waals surface area contributed by atoms with Crippen LogP contribution in [-0.2, 0) is 32.9 Å². The van der Waals surface area contributed by atoms with Crippen molar-refractivity contribution < 1.29 is 20.1 Å². The molecule has 9 aromatic carbocycles. The number of hydrogen-bond acceptors (Lipinski definition) is 2. The van der Waals surface area contributed by atoms with Crippen molar-refractivity contribution in [2.75, 3.05) is 0 Å². The summed E-state index contributed by atoms with van der Waals surface area (Å²) in [7, 11) is 0. The molecule has 73 heavy (non-hydrogen) atoms. The third kappa shape index (κ3) is 13.5. The van der Waals surface area contributed by atoms with E-state index >= 15 is 0 Å². The molecule has 0 spiro atoms. The van der Waals surface area contributed by atoms with Gasteiger partial charge in [0.2, 0.25) is 0 Å². The van der Waals surface area contributed by atoms with Gasteiger partial charge in [-0.25, -0.2) is 0 Å². The second-order valence-corrected chi connectivity index (χ2v) is 18.2. The molecule has 0 atom stereocenters. The summed E-state index contributed by atoms with van der Waals surface area (Å²) < 4.78 is 0. The fourth-order valence-electron chi connectivity index (χ4n) is 9.32. The first-order chi connectivity index (χ1) is 35.7. The molecule has 2 heterocycles. The van der Waals surface area contributed by atoms with Crippen molar-refractivity contribution in [3.8, 4) is 89.3 Å². The summed E-state index contributed by atoms with van der Waals surface area (Å²) in [4.78, 5) is 8.94. The van der Waals surface area contributed by atoms with Crippen molar-refractivity contribution in [2.24, 2.45) is 0 Å². The summed E-state index contributed by atoms with van der Waals surface area (Å²) in [5, 5.41) is 0. The van der Waals surface area contributed by atoms with Gasteiger partial charge in [-0.05, 0) is 134 Å². The van der Waals surface area contributed by atoms with E-state index in [1.807, 2.05) is 60.9 Å². The number of hydrogen-bond donors (Lipinski definition) is 0. The van der Waals surface area contributed by atoms with Crippen LogP contribution >= 0.6 is 0 Å². The maximum absolute atomic E-state index is 4.48. The molecule has 2 nitrogen and oxygen atoms in total. The van der Waals surface area contributed by atoms with Gasteiger partial charge in [0.25, 0.3) is 0 Å². The average molecular weight is 1120 g/mol. The van der Waals surface area contributed by atoms with Crippen molar-refractivity contribution in [3.63, 3.8) is 0 Å². The first-order valence-corrected chi connectivity index (χ1v) is 25.2. The van der Waals surface area contributed by atoms with E-state index < -0.39 is 0 Å². The largest absolute Gasteiger partial charge is 0.305 e. The minimum atomic E-state index is 0. The smallest absolute Gasteiger partial charge is 0.0160 e. The number of benzene rings is 9. The Labute approximate surface area is 445 Å². The van der Waals surface area contributed by atoms with Crippen LogP contribution in [-0.4, -0.2) is 9.97 Å². The molecule has 357 valence electrons. The molecule has 0 fully saturated rings. The van der Waals surface area contributed by atoms with Crippen LogP contribution in [0, 0.1) is 12.1 Å². The van der Waals surface area contributed by atoms with Crippen LogP contribution < -0.4 is 0 Å². The molecule has 0 saturated heterocycles. The summed E-state index contributed by atoms with van der Waals surface area (Å²) >= 11 is 0. The Morgan fingerprint density at radius 1 is 0.260 bits per heavy atom. The zero-order chi connectivity index (χ0) is 48.6. The Morgan fingerprint density at radius 3 is 1.07 bits per heavy atom. The Kier molecular flexibility index (Phi) is 17.3. The molecule has 11 rings (SSSR count). The van der Waals surface area contributed by atoms with Crippen molar-refractivity contribution in [2.45, 2.75) is 38.5 Å². The van der Waals surface area contributed by atoms with Crippen LogP contribution in [0.15, 0.2) is 267 Å². The molecule has 0 aliphatic rings. The summed E-state index contributed by atoms with van der Waals surface area (Å²) in [6.45, 7) is 0. The Balaban J connectivity index is 0.000000177. The van der Waals surface area contributed by atoms with Crippen molar-refractivity contribution >= 4 is 0 Å². The van der Waals surface area contributed by atoms with E-state index in [0.29, 0.717) is 0 Å². The standard InChI is InChI=1S/C35H24N.C35H32N.Ir/c1-2-9-26(10-3-1)29-11-6-14-32(23-29)33-15-7-12-30(24-33)27-18-20-28(21-19-27)31-13-8-16-34(25-31)35-17-4-5-22-36-35;1(4-13-28-14-6-3-7-15-28)2-5-16-29-17-10-18-30(25-29)31-19-11-20-32(26-31)33-21-12-22-34(27-33)35-23-8-9-24-36-35;/h1-15,17-25H;3,6-12,14-15,17-21,23-27H,1-2,4-5,13,16H2;/q2*-1;. The number of aromatic nitrogens is 2. The van der Waals surface area contributed by atoms with E-state index in [4.69, 9.17) is 0 Å². The summed E-state index contributed by atoms with van der Waals surface area (Å²) in [5.74, 6) is 0. The Hall–Kier alpha value is -8.07. The number of rotatable bonds is 15. The van der Waals surface area contributed by atoms with Gasteiger partial charge < -0.3 is 9.97 Å². The van der Waals surface area contributed by atoms with Gasteiger partial charge >= 0.3 is 0 Å². The zero-order valence-electron chi connectivity index (χ0n) is 40.9. The zero-order valence-corrected chi connectivity index (χ0v) is 43.3. The van der Waals surface area contributed by atoms with E-state index in [0.717, 1.165) is 34.5 Å². The third-order valence-corrected chi connectivity index (χ3v) is 13.2. The number of nitrogens with zero attached hydrogens (tertiary/aromatic N) is 2. The van der Waals surface area contributed by atoms with Crippen LogP contribution in [0.4, 0.5) is 0 Å². The van der Waals surface area contributed by atoms with Gasteiger partial charge in [0.05, 0.1) is 0 Å². The third-order valence-electron chi connectivity index (χ3n) is 13.2. The Morgan fingerprint density at radius 2 is 0.603 bits per heavy atom. The van der Waals surface area contributed by atoms with E-state index in [2.05, 4.69) is 228 Å². The first-order valence-electron chi connectivity index (χ1n) is 25.2. The van der Waals surface area contributed by atoms with Crippen LogP contribution in [0.3, 0.4) is 0 Å². The molecule has 0 amide bonds. The van der Waals surface area contributed by atoms with Crippen LogP contribution in [0.2, 0.25) is 0 Å². The second kappa shape index (κ2) is 25.4. The molecule has 0 aliphatic heterocycles. The quantitative estimate of drug-likeness (QED) is 0.0755. The van der Waals surface area contributed by atoms with Gasteiger partial charge in [0.15, 0.2) is 0 Å². The molecule has 1 radical (unpaired) electrons. The van der Waals surface area contributed by atoms with Crippen molar-refractivity contribution in [1.82, 2.24) is 9.97 Å². The summed E-state index contributed by atoms with van der Waals surface area (Å²) in [5.41, 5.74) is 21.4. The van der Waals surface area contributed by atoms with Gasteiger partial charge in [0, 0.05) is 32.5 Å². The van der Waals surface area contributed by atoms with Crippen molar-refractivity contribution in [3.05, 3.63) is 290 Å². The van der Waals surface area contributed by atoms with E-state index in [1.54, 1.807) is 0 Å². The van der Waals surface area contributed by atoms with Crippen molar-refractivity contribution in [1.29, 1.82) is 0 Å². The molecule has 0 N–H and O–H groups in total. The summed E-state index contributed by atoms with van der Waals surface area (Å²) in [6.07, 6.45) is 11.1. The molecule has 11 aromatic rings. The fourth-order valence-corrected chi connectivity index (χ4v) is 9.32. The van der Waals surface area contributed by atoms with E-state index in [9.17, 15) is 0 Å². The SMILES string of the molecule is [Ir].[c-]1ccc(-c2ccc(-c3cccc(-c4cccc(-c5ccccc5)c4)c3)cc2)cc1-c1ccccn1.[c-]1ccc(-c2cccc(-c3cccc(CCCCCCc4ccccc4)c3)c2)cc1-c1ccccn1. The predicted molar refractivity (Wildman–Crippen MR) is 302 cm³/mol. The number of aryl methyl sites for hydroxylation is 2. The number of pyridine rings is 2. The molecular formula is C70H56IrN2-2. The summed E-state index contributed by atoms with van der Waals surface area (Å²) in [6, 6.07) is 96.6. The average Bonchev–Trinajstić information content (AvgIpc) is 3.47. The minimum Gasteiger partial charge on any atom is -0.305 e. The van der Waals surface area contributed by atoms with Crippen LogP contribution in [0.1, 0.15) is 36.8 Å².